The molecule has 29 heavy (non-hydrogen) atoms. The molecule has 0 saturated heterocycles. The average molecular weight is 394 g/mol. The molecule has 5 heteroatoms. The van der Waals surface area contributed by atoms with E-state index in [0.29, 0.717) is 23.7 Å². The van der Waals surface area contributed by atoms with Crippen molar-refractivity contribution in [2.45, 2.75) is 46.1 Å². The van der Waals surface area contributed by atoms with Gasteiger partial charge in [-0.15, -0.1) is 0 Å². The van der Waals surface area contributed by atoms with Crippen LogP contribution in [0.25, 0.3) is 6.08 Å². The van der Waals surface area contributed by atoms with E-state index in [0.717, 1.165) is 5.56 Å². The molecule has 152 valence electrons. The van der Waals surface area contributed by atoms with Crippen molar-refractivity contribution < 1.29 is 23.8 Å². The predicted molar refractivity (Wildman–Crippen MR) is 111 cm³/mol. The Morgan fingerprint density at radius 3 is 2.45 bits per heavy atom. The standard InChI is InChI=1S/C24H26O5/c1-6-27-23(26)15(2)28-18-11-12-19-20(14-18)29-21(22(19)25)13-16-7-9-17(10-8-16)24(3,4)5/h7-15H,6H2,1-5H3/b21-13-/t15-/m1/s1. The van der Waals surface area contributed by atoms with Crippen LogP contribution in [0.3, 0.4) is 0 Å². The maximum atomic E-state index is 12.6. The molecule has 0 aromatic heterocycles. The Hall–Kier alpha value is -3.08. The maximum Gasteiger partial charge on any atom is 0.347 e. The SMILES string of the molecule is CCOC(=O)[C@@H](C)Oc1ccc2c(c1)O/C(=C\c1ccc(C(C)(C)C)cc1)C2=O. The van der Waals surface area contributed by atoms with E-state index >= 15 is 0 Å². The molecule has 0 aliphatic carbocycles. The van der Waals surface area contributed by atoms with Crippen molar-refractivity contribution in [2.75, 3.05) is 6.61 Å². The van der Waals surface area contributed by atoms with Gasteiger partial charge in [-0.3, -0.25) is 4.79 Å². The van der Waals surface area contributed by atoms with E-state index < -0.39 is 12.1 Å². The van der Waals surface area contributed by atoms with Gasteiger partial charge in [0.2, 0.25) is 5.78 Å². The van der Waals surface area contributed by atoms with E-state index in [-0.39, 0.29) is 17.0 Å². The quantitative estimate of drug-likeness (QED) is 0.531. The van der Waals surface area contributed by atoms with Crippen LogP contribution in [0.5, 0.6) is 11.5 Å². The number of Topliss-reactive ketones (excluding diaryl/α,β-unsaturated/α-hetero) is 1. The second-order valence-electron chi connectivity index (χ2n) is 7.98. The van der Waals surface area contributed by atoms with E-state index in [1.807, 2.05) is 12.1 Å². The third-order valence-corrected chi connectivity index (χ3v) is 4.65. The summed E-state index contributed by atoms with van der Waals surface area (Å²) in [6.45, 7) is 10.1. The summed E-state index contributed by atoms with van der Waals surface area (Å²) in [5.74, 6) is 0.502. The molecule has 0 radical (unpaired) electrons. The highest BCUT2D eigenvalue weighted by molar-refractivity contribution is 6.14. The first-order chi connectivity index (χ1) is 13.7. The highest BCUT2D eigenvalue weighted by Gasteiger charge is 2.28. The highest BCUT2D eigenvalue weighted by Crippen LogP contribution is 2.35. The summed E-state index contributed by atoms with van der Waals surface area (Å²) in [4.78, 5) is 24.4. The van der Waals surface area contributed by atoms with E-state index in [2.05, 4.69) is 32.9 Å². The van der Waals surface area contributed by atoms with E-state index in [1.165, 1.54) is 5.56 Å². The summed E-state index contributed by atoms with van der Waals surface area (Å²) in [7, 11) is 0. The molecule has 0 fully saturated rings. The van der Waals surface area contributed by atoms with Gasteiger partial charge in [-0.25, -0.2) is 4.79 Å². The maximum absolute atomic E-state index is 12.6. The minimum Gasteiger partial charge on any atom is -0.479 e. The van der Waals surface area contributed by atoms with Crippen LogP contribution in [0.1, 0.15) is 56.1 Å². The molecular weight excluding hydrogens is 368 g/mol. The fourth-order valence-electron chi connectivity index (χ4n) is 2.98. The number of benzene rings is 2. The fraction of sp³-hybridized carbons (Fsp3) is 0.333. The molecular formula is C24H26O5. The van der Waals surface area contributed by atoms with Crippen molar-refractivity contribution in [3.63, 3.8) is 0 Å². The molecule has 0 amide bonds. The second-order valence-corrected chi connectivity index (χ2v) is 7.98. The van der Waals surface area contributed by atoms with Crippen molar-refractivity contribution in [1.82, 2.24) is 0 Å². The number of carbonyl (C=O) groups excluding carboxylic acids is 2. The predicted octanol–water partition coefficient (Wildman–Crippen LogP) is 4.93. The zero-order chi connectivity index (χ0) is 21.2. The van der Waals surface area contributed by atoms with Gasteiger partial charge in [0.1, 0.15) is 11.5 Å². The number of carbonyl (C=O) groups is 2. The van der Waals surface area contributed by atoms with Gasteiger partial charge < -0.3 is 14.2 Å². The van der Waals surface area contributed by atoms with Crippen LogP contribution in [0.4, 0.5) is 0 Å². The van der Waals surface area contributed by atoms with E-state index in [1.54, 1.807) is 38.1 Å². The van der Waals surface area contributed by atoms with Crippen LogP contribution in [0.15, 0.2) is 48.2 Å². The van der Waals surface area contributed by atoms with E-state index in [4.69, 9.17) is 14.2 Å². The lowest BCUT2D eigenvalue weighted by molar-refractivity contribution is -0.150. The number of hydrogen-bond donors (Lipinski definition) is 0. The largest absolute Gasteiger partial charge is 0.479 e. The van der Waals surface area contributed by atoms with Gasteiger partial charge in [0.15, 0.2) is 11.9 Å². The molecule has 0 spiro atoms. The smallest absolute Gasteiger partial charge is 0.347 e. The summed E-state index contributed by atoms with van der Waals surface area (Å²) in [6, 6.07) is 13.0. The second kappa shape index (κ2) is 8.11. The lowest BCUT2D eigenvalue weighted by Crippen LogP contribution is -2.26. The Morgan fingerprint density at radius 2 is 1.83 bits per heavy atom. The first kappa shape index (κ1) is 20.6. The van der Waals surface area contributed by atoms with Gasteiger partial charge in [-0.1, -0.05) is 45.0 Å². The van der Waals surface area contributed by atoms with Gasteiger partial charge in [0, 0.05) is 6.07 Å². The average Bonchev–Trinajstić information content (AvgIpc) is 2.96. The van der Waals surface area contributed by atoms with Gasteiger partial charge in [0.25, 0.3) is 0 Å². The van der Waals surface area contributed by atoms with Crippen LogP contribution in [0, 0.1) is 0 Å². The monoisotopic (exact) mass is 394 g/mol. The summed E-state index contributed by atoms with van der Waals surface area (Å²) in [6.07, 6.45) is 0.984. The molecule has 0 N–H and O–H groups in total. The molecule has 0 saturated carbocycles. The molecule has 1 atom stereocenters. The lowest BCUT2D eigenvalue weighted by atomic mass is 9.86. The summed E-state index contributed by atoms with van der Waals surface area (Å²) >= 11 is 0. The molecule has 2 aromatic carbocycles. The van der Waals surface area contributed by atoms with Crippen LogP contribution < -0.4 is 9.47 Å². The topological polar surface area (TPSA) is 61.8 Å². The molecule has 1 heterocycles. The van der Waals surface area contributed by atoms with Crippen molar-refractivity contribution in [1.29, 1.82) is 0 Å². The van der Waals surface area contributed by atoms with Crippen LogP contribution in [0.2, 0.25) is 0 Å². The van der Waals surface area contributed by atoms with E-state index in [9.17, 15) is 9.59 Å². The van der Waals surface area contributed by atoms with Gasteiger partial charge in [0.05, 0.1) is 12.2 Å². The number of rotatable bonds is 5. The number of esters is 1. The fourth-order valence-corrected chi connectivity index (χ4v) is 2.98. The number of ketones is 1. The van der Waals surface area contributed by atoms with Crippen molar-refractivity contribution in [2.24, 2.45) is 0 Å². The number of hydrogen-bond acceptors (Lipinski definition) is 5. The van der Waals surface area contributed by atoms with Crippen molar-refractivity contribution in [3.05, 3.63) is 64.9 Å². The Morgan fingerprint density at radius 1 is 1.14 bits per heavy atom. The van der Waals surface area contributed by atoms with Gasteiger partial charge in [-0.05, 0) is 48.6 Å². The molecule has 1 aliphatic rings. The van der Waals surface area contributed by atoms with Gasteiger partial charge in [-0.2, -0.15) is 0 Å². The lowest BCUT2D eigenvalue weighted by Gasteiger charge is -2.18. The highest BCUT2D eigenvalue weighted by atomic mass is 16.6. The molecule has 0 unspecified atom stereocenters. The first-order valence-corrected chi connectivity index (χ1v) is 9.71. The minimum absolute atomic E-state index is 0.0681. The Kier molecular flexibility index (Phi) is 5.78. The third-order valence-electron chi connectivity index (χ3n) is 4.65. The van der Waals surface area contributed by atoms with Gasteiger partial charge >= 0.3 is 5.97 Å². The van der Waals surface area contributed by atoms with Crippen LogP contribution in [-0.2, 0) is 14.9 Å². The zero-order valence-corrected chi connectivity index (χ0v) is 17.4. The zero-order valence-electron chi connectivity index (χ0n) is 17.4. The number of fused-ring (bicyclic) bond motifs is 1. The first-order valence-electron chi connectivity index (χ1n) is 9.71. The minimum atomic E-state index is -0.749. The van der Waals surface area contributed by atoms with Crippen LogP contribution in [-0.4, -0.2) is 24.5 Å². The van der Waals surface area contributed by atoms with Crippen molar-refractivity contribution in [3.8, 4) is 11.5 Å². The molecule has 2 aromatic rings. The molecule has 5 nitrogen and oxygen atoms in total. The summed E-state index contributed by atoms with van der Waals surface area (Å²) in [5.41, 5.74) is 2.65. The third kappa shape index (κ3) is 4.67. The molecule has 3 rings (SSSR count). The summed E-state index contributed by atoms with van der Waals surface area (Å²) < 4.78 is 16.3. The molecule has 1 aliphatic heterocycles. The van der Waals surface area contributed by atoms with Crippen molar-refractivity contribution >= 4 is 17.8 Å². The number of allylic oxidation sites excluding steroid dienone is 1. The normalized spacial score (nSPS) is 15.6. The molecule has 0 bridgehead atoms. The van der Waals surface area contributed by atoms with Crippen LogP contribution >= 0.6 is 0 Å². The number of ether oxygens (including phenoxy) is 3. The Bertz CT molecular complexity index is 948. The Balaban J connectivity index is 1.76. The Labute approximate surface area is 171 Å². The summed E-state index contributed by atoms with van der Waals surface area (Å²) in [5, 5.41) is 0.